The lowest BCUT2D eigenvalue weighted by molar-refractivity contribution is 0.0526. The predicted molar refractivity (Wildman–Crippen MR) is 155 cm³/mol. The number of anilines is 1. The molecule has 0 fully saturated rings. The fourth-order valence-electron chi connectivity index (χ4n) is 5.23. The summed E-state index contributed by atoms with van der Waals surface area (Å²) in [6.07, 6.45) is 3.93. The van der Waals surface area contributed by atoms with Gasteiger partial charge in [0.25, 0.3) is 5.91 Å². The number of amides is 1. The lowest BCUT2D eigenvalue weighted by Gasteiger charge is -2.20. The van der Waals surface area contributed by atoms with E-state index in [1.807, 2.05) is 30.3 Å². The van der Waals surface area contributed by atoms with Gasteiger partial charge in [0.1, 0.15) is 5.00 Å². The van der Waals surface area contributed by atoms with Crippen LogP contribution in [0, 0.1) is 5.92 Å². The van der Waals surface area contributed by atoms with E-state index in [1.165, 1.54) is 21.8 Å². The Hall–Kier alpha value is -3.51. The molecule has 1 atom stereocenters. The van der Waals surface area contributed by atoms with Gasteiger partial charge in [-0.15, -0.1) is 11.3 Å². The maximum Gasteiger partial charge on any atom is 0.341 e. The maximum atomic E-state index is 13.8. The van der Waals surface area contributed by atoms with Gasteiger partial charge in [-0.2, -0.15) is 0 Å². The van der Waals surface area contributed by atoms with E-state index in [1.54, 1.807) is 6.92 Å². The summed E-state index contributed by atoms with van der Waals surface area (Å²) in [6, 6.07) is 17.9. The van der Waals surface area contributed by atoms with Crippen LogP contribution >= 0.6 is 11.3 Å². The van der Waals surface area contributed by atoms with Crippen molar-refractivity contribution in [1.29, 1.82) is 0 Å². The van der Waals surface area contributed by atoms with Crippen LogP contribution in [0.2, 0.25) is 0 Å². The summed E-state index contributed by atoms with van der Waals surface area (Å²) in [5, 5.41) is 4.46. The molecule has 0 saturated carbocycles. The highest BCUT2D eigenvalue weighted by Gasteiger charge is 2.30. The van der Waals surface area contributed by atoms with Gasteiger partial charge in [0.05, 0.1) is 28.9 Å². The molecule has 0 aliphatic heterocycles. The highest BCUT2D eigenvalue weighted by atomic mass is 32.1. The number of ether oxygens (including phenoxy) is 1. The van der Waals surface area contributed by atoms with Gasteiger partial charge < -0.3 is 10.1 Å². The van der Waals surface area contributed by atoms with Crippen molar-refractivity contribution in [3.8, 4) is 11.3 Å². The minimum Gasteiger partial charge on any atom is -0.462 e. The number of thiophene rings is 1. The average Bonchev–Trinajstić information content (AvgIpc) is 3.29. The van der Waals surface area contributed by atoms with E-state index >= 15 is 0 Å². The number of hydrogen-bond donors (Lipinski definition) is 1. The lowest BCUT2D eigenvalue weighted by atomic mass is 9.85. The highest BCUT2D eigenvalue weighted by Crippen LogP contribution is 2.41. The molecule has 2 aromatic heterocycles. The van der Waals surface area contributed by atoms with Crippen LogP contribution in [-0.2, 0) is 17.6 Å². The van der Waals surface area contributed by atoms with Crippen molar-refractivity contribution in [1.82, 2.24) is 4.98 Å². The number of esters is 1. The summed E-state index contributed by atoms with van der Waals surface area (Å²) in [5.74, 6) is 0.432. The third-order valence-corrected chi connectivity index (χ3v) is 8.66. The number of carbonyl (C=O) groups is 2. The Bertz CT molecular complexity index is 1490. The number of para-hydroxylation sites is 1. The van der Waals surface area contributed by atoms with Crippen LogP contribution in [0.5, 0.6) is 0 Å². The van der Waals surface area contributed by atoms with Crippen molar-refractivity contribution in [2.45, 2.75) is 59.3 Å². The zero-order chi connectivity index (χ0) is 26.8. The molecule has 196 valence electrons. The summed E-state index contributed by atoms with van der Waals surface area (Å²) in [5.41, 5.74) is 5.81. The van der Waals surface area contributed by atoms with Gasteiger partial charge in [0.15, 0.2) is 0 Å². The van der Waals surface area contributed by atoms with Gasteiger partial charge in [-0.25, -0.2) is 9.78 Å². The summed E-state index contributed by atoms with van der Waals surface area (Å²) in [7, 11) is 0. The van der Waals surface area contributed by atoms with Crippen LogP contribution in [0.3, 0.4) is 0 Å². The number of hydrogen-bond acceptors (Lipinski definition) is 5. The Morgan fingerprint density at radius 2 is 1.87 bits per heavy atom. The van der Waals surface area contributed by atoms with E-state index in [2.05, 4.69) is 50.4 Å². The number of nitrogens with zero attached hydrogens (tertiary/aromatic N) is 1. The largest absolute Gasteiger partial charge is 0.462 e. The van der Waals surface area contributed by atoms with E-state index in [4.69, 9.17) is 9.72 Å². The SMILES string of the molecule is CCOC(=O)c1c(NC(=O)c2cc(-c3ccc(C(C)C)cc3)nc3ccccc23)sc2c1CCC(CC)C2. The van der Waals surface area contributed by atoms with E-state index < -0.39 is 0 Å². The Balaban J connectivity index is 1.55. The maximum absolute atomic E-state index is 13.8. The molecule has 6 heteroatoms. The highest BCUT2D eigenvalue weighted by molar-refractivity contribution is 7.17. The molecule has 1 amide bonds. The fourth-order valence-corrected chi connectivity index (χ4v) is 6.58. The topological polar surface area (TPSA) is 68.3 Å². The van der Waals surface area contributed by atoms with Crippen LogP contribution in [0.4, 0.5) is 5.00 Å². The molecule has 0 bridgehead atoms. The number of carbonyl (C=O) groups excluding carboxylic acids is 2. The first-order chi connectivity index (χ1) is 18.4. The molecular weight excluding hydrogens is 492 g/mol. The molecular formula is C32H34N2O3S. The van der Waals surface area contributed by atoms with Crippen LogP contribution < -0.4 is 5.32 Å². The normalized spacial score (nSPS) is 14.9. The van der Waals surface area contributed by atoms with Gasteiger partial charge in [0, 0.05) is 15.8 Å². The summed E-state index contributed by atoms with van der Waals surface area (Å²) >= 11 is 1.52. The number of benzene rings is 2. The first-order valence-corrected chi connectivity index (χ1v) is 14.3. The molecule has 4 aromatic rings. The fraction of sp³-hybridized carbons (Fsp3) is 0.344. The third kappa shape index (κ3) is 5.10. The van der Waals surface area contributed by atoms with Crippen molar-refractivity contribution in [2.75, 3.05) is 11.9 Å². The second-order valence-electron chi connectivity index (χ2n) is 10.2. The van der Waals surface area contributed by atoms with Crippen LogP contribution in [0.15, 0.2) is 54.6 Å². The van der Waals surface area contributed by atoms with Gasteiger partial charge >= 0.3 is 5.97 Å². The molecule has 1 unspecified atom stereocenters. The van der Waals surface area contributed by atoms with Crippen LogP contribution in [0.25, 0.3) is 22.2 Å². The molecule has 5 nitrogen and oxygen atoms in total. The molecule has 1 aliphatic rings. The molecule has 2 heterocycles. The monoisotopic (exact) mass is 526 g/mol. The summed E-state index contributed by atoms with van der Waals surface area (Å²) in [6.45, 7) is 8.64. The predicted octanol–water partition coefficient (Wildman–Crippen LogP) is 8.03. The molecule has 0 radical (unpaired) electrons. The molecule has 38 heavy (non-hydrogen) atoms. The number of nitrogens with one attached hydrogen (secondary N) is 1. The van der Waals surface area contributed by atoms with Crippen molar-refractivity contribution in [2.24, 2.45) is 5.92 Å². The number of aromatic nitrogens is 1. The standard InChI is InChI=1S/C32H34N2O3S/c1-5-20-11-16-24-28(17-20)38-31(29(24)32(36)37-6-2)34-30(35)25-18-27(33-26-10-8-7-9-23(25)26)22-14-12-21(13-15-22)19(3)4/h7-10,12-15,18-20H,5-6,11,16-17H2,1-4H3,(H,34,35). The second-order valence-corrected chi connectivity index (χ2v) is 11.4. The minimum absolute atomic E-state index is 0.250. The Kier molecular flexibility index (Phi) is 7.61. The van der Waals surface area contributed by atoms with Gasteiger partial charge in [0.2, 0.25) is 0 Å². The Labute approximate surface area is 228 Å². The zero-order valence-electron chi connectivity index (χ0n) is 22.5. The van der Waals surface area contributed by atoms with E-state index in [0.29, 0.717) is 34.6 Å². The Morgan fingerprint density at radius 1 is 1.11 bits per heavy atom. The van der Waals surface area contributed by atoms with Crippen molar-refractivity contribution >= 4 is 39.1 Å². The molecule has 0 saturated heterocycles. The molecule has 0 spiro atoms. The third-order valence-electron chi connectivity index (χ3n) is 7.49. The first-order valence-electron chi connectivity index (χ1n) is 13.5. The average molecular weight is 527 g/mol. The summed E-state index contributed by atoms with van der Waals surface area (Å²) in [4.78, 5) is 32.9. The van der Waals surface area contributed by atoms with Crippen molar-refractivity contribution in [3.05, 3.63) is 81.7 Å². The minimum atomic E-state index is -0.360. The molecule has 1 aliphatic carbocycles. The molecule has 1 N–H and O–H groups in total. The zero-order valence-corrected chi connectivity index (χ0v) is 23.3. The van der Waals surface area contributed by atoms with Crippen molar-refractivity contribution in [3.63, 3.8) is 0 Å². The quantitative estimate of drug-likeness (QED) is 0.248. The van der Waals surface area contributed by atoms with Crippen molar-refractivity contribution < 1.29 is 14.3 Å². The smallest absolute Gasteiger partial charge is 0.341 e. The van der Waals surface area contributed by atoms with Gasteiger partial charge in [-0.1, -0.05) is 69.7 Å². The first kappa shape index (κ1) is 26.1. The van der Waals surface area contributed by atoms with E-state index in [-0.39, 0.29) is 11.9 Å². The van der Waals surface area contributed by atoms with Gasteiger partial charge in [-0.05, 0) is 61.3 Å². The van der Waals surface area contributed by atoms with Crippen LogP contribution in [0.1, 0.15) is 83.2 Å². The van der Waals surface area contributed by atoms with E-state index in [9.17, 15) is 9.59 Å². The number of pyridine rings is 1. The molecule has 2 aromatic carbocycles. The van der Waals surface area contributed by atoms with E-state index in [0.717, 1.165) is 53.4 Å². The lowest BCUT2D eigenvalue weighted by Crippen LogP contribution is -2.17. The summed E-state index contributed by atoms with van der Waals surface area (Å²) < 4.78 is 5.41. The van der Waals surface area contributed by atoms with Gasteiger partial charge in [-0.3, -0.25) is 4.79 Å². The molecule has 5 rings (SSSR count). The number of rotatable bonds is 7. The number of fused-ring (bicyclic) bond motifs is 2. The Morgan fingerprint density at radius 3 is 2.58 bits per heavy atom. The second kappa shape index (κ2) is 11.1. The van der Waals surface area contributed by atoms with Crippen LogP contribution in [-0.4, -0.2) is 23.5 Å².